The molecule has 0 aromatic rings. The van der Waals surface area contributed by atoms with Gasteiger partial charge >= 0.3 is 22.4 Å². The van der Waals surface area contributed by atoms with Crippen LogP contribution in [0.4, 0.5) is 0 Å². The molecule has 0 unspecified atom stereocenters. The Hall–Kier alpha value is -0.580. The number of hydrogen-bond acceptors (Lipinski definition) is 4. The molecule has 5 heteroatoms. The van der Waals surface area contributed by atoms with Gasteiger partial charge in [-0.2, -0.15) is 0 Å². The van der Waals surface area contributed by atoms with Crippen LogP contribution >= 0.6 is 0 Å². The SMILES string of the molecule is O=C([O-])C1=C(C(=O)[O-])CCCC1.[Ag+2]. The maximum absolute atomic E-state index is 10.4. The van der Waals surface area contributed by atoms with Crippen molar-refractivity contribution in [2.45, 2.75) is 25.7 Å². The van der Waals surface area contributed by atoms with Gasteiger partial charge in [-0.1, -0.05) is 0 Å². The van der Waals surface area contributed by atoms with E-state index < -0.39 is 11.9 Å². The van der Waals surface area contributed by atoms with Crippen molar-refractivity contribution in [3.05, 3.63) is 11.1 Å². The predicted molar refractivity (Wildman–Crippen MR) is 35.5 cm³/mol. The minimum atomic E-state index is -1.38. The monoisotopic (exact) mass is 275 g/mol. The average molecular weight is 276 g/mol. The van der Waals surface area contributed by atoms with E-state index in [1.807, 2.05) is 0 Å². The van der Waals surface area contributed by atoms with Crippen molar-refractivity contribution < 1.29 is 42.2 Å². The van der Waals surface area contributed by atoms with Crippen molar-refractivity contribution in [1.29, 1.82) is 0 Å². The largest absolute Gasteiger partial charge is 2.00 e. The van der Waals surface area contributed by atoms with Gasteiger partial charge < -0.3 is 19.8 Å². The molecule has 4 nitrogen and oxygen atoms in total. The zero-order valence-electron chi connectivity index (χ0n) is 6.76. The zero-order valence-corrected chi connectivity index (χ0v) is 8.25. The van der Waals surface area contributed by atoms with E-state index in [1.165, 1.54) is 0 Å². The summed E-state index contributed by atoms with van der Waals surface area (Å²) in [5.41, 5.74) is -0.192. The maximum Gasteiger partial charge on any atom is 2.00 e. The molecule has 75 valence electrons. The van der Waals surface area contributed by atoms with Crippen LogP contribution in [0.3, 0.4) is 0 Å². The van der Waals surface area contributed by atoms with Gasteiger partial charge in [-0.15, -0.1) is 0 Å². The first kappa shape index (κ1) is 12.4. The van der Waals surface area contributed by atoms with E-state index >= 15 is 0 Å². The normalized spacial score (nSPS) is 16.3. The van der Waals surface area contributed by atoms with Crippen molar-refractivity contribution >= 4 is 11.9 Å². The molecule has 1 aliphatic carbocycles. The molecule has 0 heterocycles. The van der Waals surface area contributed by atoms with Gasteiger partial charge in [0.2, 0.25) is 0 Å². The van der Waals surface area contributed by atoms with Crippen LogP contribution in [0, 0.1) is 0 Å². The third kappa shape index (κ3) is 2.99. The number of rotatable bonds is 2. The van der Waals surface area contributed by atoms with E-state index in [9.17, 15) is 19.8 Å². The molecule has 0 atom stereocenters. The molecule has 0 bridgehead atoms. The van der Waals surface area contributed by atoms with Crippen molar-refractivity contribution in [2.75, 3.05) is 0 Å². The third-order valence-electron chi connectivity index (χ3n) is 1.96. The number of carbonyl (C=O) groups is 2. The summed E-state index contributed by atoms with van der Waals surface area (Å²) in [6.45, 7) is 0. The van der Waals surface area contributed by atoms with Gasteiger partial charge in [-0.05, 0) is 36.8 Å². The van der Waals surface area contributed by atoms with E-state index in [2.05, 4.69) is 0 Å². The fraction of sp³-hybridized carbons (Fsp3) is 0.500. The van der Waals surface area contributed by atoms with Crippen LogP contribution in [0.2, 0.25) is 0 Å². The quantitative estimate of drug-likeness (QED) is 0.566. The number of carboxylic acid groups (broad SMARTS) is 2. The average Bonchev–Trinajstić information content (AvgIpc) is 2.04. The molecule has 1 rings (SSSR count). The second kappa shape index (κ2) is 5.21. The Labute approximate surface area is 91.1 Å². The number of carboxylic acids is 2. The van der Waals surface area contributed by atoms with Crippen molar-refractivity contribution in [3.8, 4) is 0 Å². The molecule has 1 radical (unpaired) electrons. The first-order chi connectivity index (χ1) is 5.63. The van der Waals surface area contributed by atoms with Crippen LogP contribution in [-0.4, -0.2) is 11.9 Å². The van der Waals surface area contributed by atoms with Crippen LogP contribution < -0.4 is 10.2 Å². The summed E-state index contributed by atoms with van der Waals surface area (Å²) in [7, 11) is 0. The standard InChI is InChI=1S/C8H10O4.Ag/c9-7(10)5-3-1-2-4-6(5)8(11)12;/h1-4H2,(H,9,10)(H,11,12);/q;+2/p-2. The Morgan fingerprint density at radius 3 is 1.46 bits per heavy atom. The third-order valence-corrected chi connectivity index (χ3v) is 1.96. The maximum atomic E-state index is 10.4. The molecule has 0 aromatic carbocycles. The van der Waals surface area contributed by atoms with Crippen molar-refractivity contribution in [2.24, 2.45) is 0 Å². The molecular formula is C8H8AgO4. The van der Waals surface area contributed by atoms with Gasteiger partial charge in [0.25, 0.3) is 0 Å². The summed E-state index contributed by atoms with van der Waals surface area (Å²) >= 11 is 0. The Kier molecular flexibility index (Phi) is 4.98. The Bertz CT molecular complexity index is 231. The Morgan fingerprint density at radius 1 is 0.923 bits per heavy atom. The molecular weight excluding hydrogens is 268 g/mol. The Morgan fingerprint density at radius 2 is 1.23 bits per heavy atom. The summed E-state index contributed by atoms with van der Waals surface area (Å²) in [6, 6.07) is 0. The number of carbonyl (C=O) groups excluding carboxylic acids is 2. The number of hydrogen-bond donors (Lipinski definition) is 0. The predicted octanol–water partition coefficient (Wildman–Crippen LogP) is -1.65. The summed E-state index contributed by atoms with van der Waals surface area (Å²) in [4.78, 5) is 20.8. The minimum Gasteiger partial charge on any atom is -0.545 e. The van der Waals surface area contributed by atoms with E-state index in [0.717, 1.165) is 0 Å². The van der Waals surface area contributed by atoms with Gasteiger partial charge in [0.1, 0.15) is 0 Å². The minimum absolute atomic E-state index is 0. The van der Waals surface area contributed by atoms with E-state index in [-0.39, 0.29) is 46.4 Å². The fourth-order valence-corrected chi connectivity index (χ4v) is 1.36. The molecule has 0 amide bonds. The molecule has 1 aliphatic rings. The zero-order chi connectivity index (χ0) is 9.14. The van der Waals surface area contributed by atoms with E-state index in [1.54, 1.807) is 0 Å². The topological polar surface area (TPSA) is 80.3 Å². The molecule has 0 fully saturated rings. The van der Waals surface area contributed by atoms with Gasteiger partial charge in [-0.3, -0.25) is 0 Å². The smallest absolute Gasteiger partial charge is 0.545 e. The molecule has 0 spiro atoms. The second-order valence-electron chi connectivity index (χ2n) is 2.74. The van der Waals surface area contributed by atoms with Gasteiger partial charge in [-0.25, -0.2) is 0 Å². The van der Waals surface area contributed by atoms with Crippen molar-refractivity contribution in [1.82, 2.24) is 0 Å². The molecule has 0 aromatic heterocycles. The van der Waals surface area contributed by atoms with Crippen LogP contribution in [0.1, 0.15) is 25.7 Å². The molecule has 13 heavy (non-hydrogen) atoms. The summed E-state index contributed by atoms with van der Waals surface area (Å²) in [6.07, 6.45) is 1.98. The van der Waals surface area contributed by atoms with Gasteiger partial charge in [0.05, 0.1) is 11.9 Å². The van der Waals surface area contributed by atoms with Crippen LogP contribution in [0.5, 0.6) is 0 Å². The molecule has 0 N–H and O–H groups in total. The summed E-state index contributed by atoms with van der Waals surface area (Å²) in [5.74, 6) is -2.76. The van der Waals surface area contributed by atoms with E-state index in [4.69, 9.17) is 0 Å². The second-order valence-corrected chi connectivity index (χ2v) is 2.74. The molecule has 0 aliphatic heterocycles. The van der Waals surface area contributed by atoms with Crippen LogP contribution in [0.15, 0.2) is 11.1 Å². The molecule has 0 saturated carbocycles. The first-order valence-corrected chi connectivity index (χ1v) is 3.77. The summed E-state index contributed by atoms with van der Waals surface area (Å²) in [5, 5.41) is 20.8. The molecule has 0 saturated heterocycles. The van der Waals surface area contributed by atoms with Gasteiger partial charge in [0, 0.05) is 0 Å². The fourth-order valence-electron chi connectivity index (χ4n) is 1.36. The van der Waals surface area contributed by atoms with Crippen LogP contribution in [0.25, 0.3) is 0 Å². The Balaban J connectivity index is 0.00000144. The summed E-state index contributed by atoms with van der Waals surface area (Å²) < 4.78 is 0. The van der Waals surface area contributed by atoms with Gasteiger partial charge in [0.15, 0.2) is 0 Å². The van der Waals surface area contributed by atoms with Crippen LogP contribution in [-0.2, 0) is 32.0 Å². The van der Waals surface area contributed by atoms with Crippen molar-refractivity contribution in [3.63, 3.8) is 0 Å². The first-order valence-electron chi connectivity index (χ1n) is 3.77. The van der Waals surface area contributed by atoms with E-state index in [0.29, 0.717) is 12.8 Å². The number of aliphatic carboxylic acids is 2.